The minimum Gasteiger partial charge on any atom is -0.481 e. The van der Waals surface area contributed by atoms with Crippen LogP contribution in [0.3, 0.4) is 0 Å². The number of rotatable bonds is 4. The molecule has 1 atom stereocenters. The van der Waals surface area contributed by atoms with E-state index >= 15 is 0 Å². The van der Waals surface area contributed by atoms with Gasteiger partial charge in [-0.05, 0) is 25.5 Å². The lowest BCUT2D eigenvalue weighted by Gasteiger charge is -2.11. The summed E-state index contributed by atoms with van der Waals surface area (Å²) in [6, 6.07) is 6.60. The van der Waals surface area contributed by atoms with Crippen LogP contribution in [0.1, 0.15) is 35.7 Å². The highest BCUT2D eigenvalue weighted by Gasteiger charge is 2.20. The fourth-order valence-corrected chi connectivity index (χ4v) is 1.40. The number of hydrogen-bond donors (Lipinski definition) is 1. The Bertz CT molecular complexity index is 398. The fourth-order valence-electron chi connectivity index (χ4n) is 1.40. The van der Waals surface area contributed by atoms with E-state index in [0.29, 0.717) is 11.1 Å². The first-order valence-electron chi connectivity index (χ1n) is 5.06. The van der Waals surface area contributed by atoms with Crippen LogP contribution in [0.4, 0.5) is 0 Å². The Morgan fingerprint density at radius 3 is 2.56 bits per heavy atom. The zero-order valence-electron chi connectivity index (χ0n) is 9.27. The van der Waals surface area contributed by atoms with Crippen LogP contribution < -0.4 is 0 Å². The summed E-state index contributed by atoms with van der Waals surface area (Å²) in [6.45, 7) is 3.52. The lowest BCUT2D eigenvalue weighted by atomic mass is 9.96. The number of carbonyl (C=O) groups excluding carboxylic acids is 1. The van der Waals surface area contributed by atoms with E-state index in [1.807, 2.05) is 0 Å². The molecule has 0 bridgehead atoms. The quantitative estimate of drug-likeness (QED) is 0.792. The van der Waals surface area contributed by atoms with Crippen LogP contribution >= 0.6 is 0 Å². The third-order valence-electron chi connectivity index (χ3n) is 2.29. The van der Waals surface area contributed by atoms with Gasteiger partial charge < -0.3 is 9.84 Å². The van der Waals surface area contributed by atoms with E-state index in [1.54, 1.807) is 38.1 Å². The Morgan fingerprint density at radius 1 is 1.38 bits per heavy atom. The maximum Gasteiger partial charge on any atom is 0.338 e. The van der Waals surface area contributed by atoms with E-state index in [1.165, 1.54) is 0 Å². The summed E-state index contributed by atoms with van der Waals surface area (Å²) >= 11 is 0. The van der Waals surface area contributed by atoms with Gasteiger partial charge in [0.25, 0.3) is 0 Å². The van der Waals surface area contributed by atoms with Gasteiger partial charge >= 0.3 is 11.9 Å². The minimum absolute atomic E-state index is 0.272. The molecule has 0 heterocycles. The molecule has 1 N–H and O–H groups in total. The zero-order chi connectivity index (χ0) is 12.1. The van der Waals surface area contributed by atoms with Gasteiger partial charge in [0.05, 0.1) is 18.1 Å². The van der Waals surface area contributed by atoms with Gasteiger partial charge in [0.2, 0.25) is 0 Å². The van der Waals surface area contributed by atoms with Gasteiger partial charge in [0, 0.05) is 0 Å². The number of hydrogen-bond acceptors (Lipinski definition) is 3. The number of benzene rings is 1. The van der Waals surface area contributed by atoms with Crippen LogP contribution in [0.5, 0.6) is 0 Å². The molecule has 1 unspecified atom stereocenters. The summed E-state index contributed by atoms with van der Waals surface area (Å²) in [5.74, 6) is -2.16. The second-order valence-corrected chi connectivity index (χ2v) is 3.37. The van der Waals surface area contributed by atoms with E-state index in [0.717, 1.165) is 0 Å². The van der Waals surface area contributed by atoms with Gasteiger partial charge in [-0.25, -0.2) is 4.79 Å². The van der Waals surface area contributed by atoms with Crippen LogP contribution in [-0.2, 0) is 9.53 Å². The third-order valence-corrected chi connectivity index (χ3v) is 2.29. The number of carboxylic acids is 1. The van der Waals surface area contributed by atoms with Crippen molar-refractivity contribution in [1.29, 1.82) is 0 Å². The number of aliphatic carboxylic acids is 1. The molecule has 0 aromatic heterocycles. The second kappa shape index (κ2) is 5.30. The van der Waals surface area contributed by atoms with Crippen molar-refractivity contribution in [2.45, 2.75) is 19.8 Å². The van der Waals surface area contributed by atoms with Crippen LogP contribution in [0.25, 0.3) is 0 Å². The fraction of sp³-hybridized carbons (Fsp3) is 0.333. The molecule has 1 rings (SSSR count). The van der Waals surface area contributed by atoms with Crippen molar-refractivity contribution in [2.75, 3.05) is 6.61 Å². The van der Waals surface area contributed by atoms with Crippen LogP contribution in [0, 0.1) is 0 Å². The molecule has 0 saturated carbocycles. The predicted molar refractivity (Wildman–Crippen MR) is 58.4 cm³/mol. The van der Waals surface area contributed by atoms with Crippen LogP contribution in [0.2, 0.25) is 0 Å². The molecule has 86 valence electrons. The Morgan fingerprint density at radius 2 is 2.00 bits per heavy atom. The van der Waals surface area contributed by atoms with E-state index in [-0.39, 0.29) is 6.61 Å². The SMILES string of the molecule is CCOC(=O)c1ccccc1C(C)C(=O)O. The van der Waals surface area contributed by atoms with Crippen molar-refractivity contribution in [3.63, 3.8) is 0 Å². The molecule has 16 heavy (non-hydrogen) atoms. The molecule has 0 aliphatic carbocycles. The van der Waals surface area contributed by atoms with Crippen molar-refractivity contribution in [1.82, 2.24) is 0 Å². The molecule has 0 spiro atoms. The molecule has 0 aliphatic rings. The number of esters is 1. The summed E-state index contributed by atoms with van der Waals surface area (Å²) in [5, 5.41) is 8.92. The zero-order valence-corrected chi connectivity index (χ0v) is 9.27. The van der Waals surface area contributed by atoms with E-state index in [4.69, 9.17) is 9.84 Å². The molecule has 0 radical (unpaired) electrons. The van der Waals surface area contributed by atoms with Crippen molar-refractivity contribution < 1.29 is 19.4 Å². The Labute approximate surface area is 93.9 Å². The summed E-state index contributed by atoms with van der Waals surface area (Å²) < 4.78 is 4.87. The van der Waals surface area contributed by atoms with Gasteiger partial charge in [-0.3, -0.25) is 4.79 Å². The standard InChI is InChI=1S/C12H14O4/c1-3-16-12(15)10-7-5-4-6-9(10)8(2)11(13)14/h4-8H,3H2,1-2H3,(H,13,14). The molecule has 4 heteroatoms. The normalized spacial score (nSPS) is 11.9. The lowest BCUT2D eigenvalue weighted by Crippen LogP contribution is -2.14. The third kappa shape index (κ3) is 2.59. The van der Waals surface area contributed by atoms with Gasteiger partial charge in [-0.15, -0.1) is 0 Å². The van der Waals surface area contributed by atoms with Crippen LogP contribution in [-0.4, -0.2) is 23.7 Å². The van der Waals surface area contributed by atoms with Gasteiger partial charge in [0.15, 0.2) is 0 Å². The smallest absolute Gasteiger partial charge is 0.338 e. The second-order valence-electron chi connectivity index (χ2n) is 3.37. The maximum absolute atomic E-state index is 11.6. The average Bonchev–Trinajstić information content (AvgIpc) is 2.28. The summed E-state index contributed by atoms with van der Waals surface area (Å²) in [6.07, 6.45) is 0. The monoisotopic (exact) mass is 222 g/mol. The first kappa shape index (κ1) is 12.2. The van der Waals surface area contributed by atoms with Gasteiger partial charge in [-0.1, -0.05) is 18.2 Å². The summed E-state index contributed by atoms with van der Waals surface area (Å²) in [4.78, 5) is 22.5. The highest BCUT2D eigenvalue weighted by Crippen LogP contribution is 2.20. The van der Waals surface area contributed by atoms with E-state index < -0.39 is 17.9 Å². The molecule has 1 aromatic rings. The highest BCUT2D eigenvalue weighted by molar-refractivity contribution is 5.93. The maximum atomic E-state index is 11.6. The summed E-state index contributed by atoms with van der Waals surface area (Å²) in [5.41, 5.74) is 0.799. The van der Waals surface area contributed by atoms with E-state index in [9.17, 15) is 9.59 Å². The molecular formula is C12H14O4. The number of ether oxygens (including phenoxy) is 1. The molecule has 1 aromatic carbocycles. The van der Waals surface area contributed by atoms with Gasteiger partial charge in [-0.2, -0.15) is 0 Å². The minimum atomic E-state index is -0.961. The molecule has 0 fully saturated rings. The first-order chi connectivity index (χ1) is 7.57. The van der Waals surface area contributed by atoms with Crippen molar-refractivity contribution in [2.24, 2.45) is 0 Å². The Balaban J connectivity index is 3.09. The van der Waals surface area contributed by atoms with Gasteiger partial charge in [0.1, 0.15) is 0 Å². The molecular weight excluding hydrogens is 208 g/mol. The predicted octanol–water partition coefficient (Wildman–Crippen LogP) is 2.05. The average molecular weight is 222 g/mol. The van der Waals surface area contributed by atoms with Crippen molar-refractivity contribution in [3.8, 4) is 0 Å². The molecule has 4 nitrogen and oxygen atoms in total. The lowest BCUT2D eigenvalue weighted by molar-refractivity contribution is -0.138. The topological polar surface area (TPSA) is 63.6 Å². The van der Waals surface area contributed by atoms with Crippen LogP contribution in [0.15, 0.2) is 24.3 Å². The number of carboxylic acid groups (broad SMARTS) is 1. The largest absolute Gasteiger partial charge is 0.481 e. The first-order valence-corrected chi connectivity index (χ1v) is 5.06. The molecule has 0 amide bonds. The Hall–Kier alpha value is -1.84. The Kier molecular flexibility index (Phi) is 4.05. The number of carbonyl (C=O) groups is 2. The van der Waals surface area contributed by atoms with Crippen molar-refractivity contribution >= 4 is 11.9 Å². The molecule has 0 aliphatic heterocycles. The molecule has 0 saturated heterocycles. The van der Waals surface area contributed by atoms with Crippen molar-refractivity contribution in [3.05, 3.63) is 35.4 Å². The van der Waals surface area contributed by atoms with E-state index in [2.05, 4.69) is 0 Å². The summed E-state index contributed by atoms with van der Waals surface area (Å²) in [7, 11) is 0. The highest BCUT2D eigenvalue weighted by atomic mass is 16.5.